The molecule has 1 saturated carbocycles. The first-order chi connectivity index (χ1) is 5.45. The summed E-state index contributed by atoms with van der Waals surface area (Å²) in [7, 11) is 0. The molecule has 0 radical (unpaired) electrons. The molecule has 2 aliphatic rings. The van der Waals surface area contributed by atoms with E-state index in [0.29, 0.717) is 12.2 Å². The Morgan fingerprint density at radius 1 is 0.909 bits per heavy atom. The monoisotopic (exact) mass is 155 g/mol. The van der Waals surface area contributed by atoms with E-state index in [4.69, 9.17) is 4.74 Å². The molecule has 2 nitrogen and oxygen atoms in total. The van der Waals surface area contributed by atoms with Gasteiger partial charge in [0.1, 0.15) is 0 Å². The summed E-state index contributed by atoms with van der Waals surface area (Å²) in [6, 6.07) is 0. The molecule has 0 amide bonds. The first kappa shape index (κ1) is 7.56. The third-order valence-electron chi connectivity index (χ3n) is 2.72. The molecule has 1 aliphatic carbocycles. The first-order valence-corrected chi connectivity index (χ1v) is 4.81. The summed E-state index contributed by atoms with van der Waals surface area (Å²) in [6.07, 6.45) is 7.64. The van der Waals surface area contributed by atoms with Crippen molar-refractivity contribution in [3.63, 3.8) is 0 Å². The maximum atomic E-state index is 5.89. The van der Waals surface area contributed by atoms with E-state index in [1.165, 1.54) is 32.1 Å². The van der Waals surface area contributed by atoms with Crippen molar-refractivity contribution < 1.29 is 4.74 Å². The Labute approximate surface area is 68.3 Å². The highest BCUT2D eigenvalue weighted by atomic mass is 16.5. The minimum atomic E-state index is 0.571. The lowest BCUT2D eigenvalue weighted by Gasteiger charge is -2.32. The second-order valence-electron chi connectivity index (χ2n) is 3.64. The number of hydrogen-bond donors (Lipinski definition) is 1. The summed E-state index contributed by atoms with van der Waals surface area (Å²) >= 11 is 0. The second-order valence-corrected chi connectivity index (χ2v) is 3.64. The number of ether oxygens (including phenoxy) is 1. The van der Waals surface area contributed by atoms with Crippen molar-refractivity contribution in [1.29, 1.82) is 0 Å². The van der Waals surface area contributed by atoms with Gasteiger partial charge in [-0.1, -0.05) is 0 Å². The number of nitrogens with one attached hydrogen (secondary N) is 1. The summed E-state index contributed by atoms with van der Waals surface area (Å²) in [5, 5.41) is 3.34. The normalized spacial score (nSPS) is 28.4. The molecule has 64 valence electrons. The fourth-order valence-electron chi connectivity index (χ4n) is 1.71. The molecule has 0 atom stereocenters. The molecular formula is C9H17NO. The number of rotatable bonds is 2. The molecule has 1 N–H and O–H groups in total. The van der Waals surface area contributed by atoms with Crippen molar-refractivity contribution in [2.75, 3.05) is 13.1 Å². The Bertz CT molecular complexity index is 117. The van der Waals surface area contributed by atoms with Gasteiger partial charge in [0.05, 0.1) is 12.2 Å². The van der Waals surface area contributed by atoms with Crippen molar-refractivity contribution >= 4 is 0 Å². The largest absolute Gasteiger partial charge is 0.375 e. The third-order valence-corrected chi connectivity index (χ3v) is 2.72. The Morgan fingerprint density at radius 2 is 1.55 bits per heavy atom. The van der Waals surface area contributed by atoms with Gasteiger partial charge < -0.3 is 10.1 Å². The van der Waals surface area contributed by atoms with Gasteiger partial charge in [0.25, 0.3) is 0 Å². The predicted molar refractivity (Wildman–Crippen MR) is 44.6 cm³/mol. The van der Waals surface area contributed by atoms with Crippen LogP contribution in [0.2, 0.25) is 0 Å². The molecule has 0 aromatic carbocycles. The topological polar surface area (TPSA) is 21.3 Å². The lowest BCUT2D eigenvalue weighted by molar-refractivity contribution is -0.0617. The molecule has 1 heterocycles. The quantitative estimate of drug-likeness (QED) is 0.649. The number of piperidine rings is 1. The van der Waals surface area contributed by atoms with Gasteiger partial charge in [0.15, 0.2) is 0 Å². The highest BCUT2D eigenvalue weighted by molar-refractivity contribution is 4.75. The smallest absolute Gasteiger partial charge is 0.0603 e. The zero-order chi connectivity index (χ0) is 7.52. The fourth-order valence-corrected chi connectivity index (χ4v) is 1.71. The van der Waals surface area contributed by atoms with Crippen LogP contribution in [0.5, 0.6) is 0 Å². The molecule has 1 saturated heterocycles. The zero-order valence-corrected chi connectivity index (χ0v) is 7.01. The molecule has 11 heavy (non-hydrogen) atoms. The van der Waals surface area contributed by atoms with Gasteiger partial charge in [0, 0.05) is 0 Å². The summed E-state index contributed by atoms with van der Waals surface area (Å²) in [4.78, 5) is 0. The molecule has 2 rings (SSSR count). The predicted octanol–water partition coefficient (Wildman–Crippen LogP) is 1.31. The Morgan fingerprint density at radius 3 is 2.09 bits per heavy atom. The molecule has 0 aromatic heterocycles. The first-order valence-electron chi connectivity index (χ1n) is 4.81. The highest BCUT2D eigenvalue weighted by Gasteiger charge is 2.23. The van der Waals surface area contributed by atoms with E-state index < -0.39 is 0 Å². The van der Waals surface area contributed by atoms with Gasteiger partial charge >= 0.3 is 0 Å². The average molecular weight is 155 g/mol. The van der Waals surface area contributed by atoms with Gasteiger partial charge in [-0.2, -0.15) is 0 Å². The molecule has 0 bridgehead atoms. The summed E-state index contributed by atoms with van der Waals surface area (Å²) in [5.74, 6) is 0. The lowest BCUT2D eigenvalue weighted by Crippen LogP contribution is -2.36. The lowest BCUT2D eigenvalue weighted by atomic mass is 9.95. The van der Waals surface area contributed by atoms with E-state index in [1.54, 1.807) is 0 Å². The summed E-state index contributed by atoms with van der Waals surface area (Å²) in [5.41, 5.74) is 0. The van der Waals surface area contributed by atoms with Crippen molar-refractivity contribution in [3.05, 3.63) is 0 Å². The van der Waals surface area contributed by atoms with Gasteiger partial charge in [-0.3, -0.25) is 0 Å². The van der Waals surface area contributed by atoms with Crippen molar-refractivity contribution in [2.45, 2.75) is 44.3 Å². The minimum Gasteiger partial charge on any atom is -0.375 e. The van der Waals surface area contributed by atoms with Crippen molar-refractivity contribution in [3.8, 4) is 0 Å². The van der Waals surface area contributed by atoms with Crippen molar-refractivity contribution in [2.24, 2.45) is 0 Å². The van der Waals surface area contributed by atoms with E-state index in [1.807, 2.05) is 0 Å². The Balaban J connectivity index is 1.67. The van der Waals surface area contributed by atoms with Crippen LogP contribution in [0.1, 0.15) is 32.1 Å². The third kappa shape index (κ3) is 1.94. The average Bonchev–Trinajstić information content (AvgIpc) is 1.99. The van der Waals surface area contributed by atoms with Crippen LogP contribution in [-0.4, -0.2) is 25.3 Å². The van der Waals surface area contributed by atoms with E-state index in [2.05, 4.69) is 5.32 Å². The van der Waals surface area contributed by atoms with Crippen LogP contribution < -0.4 is 5.32 Å². The Hall–Kier alpha value is -0.0800. The van der Waals surface area contributed by atoms with Crippen molar-refractivity contribution in [1.82, 2.24) is 5.32 Å². The minimum absolute atomic E-state index is 0.571. The number of hydrogen-bond acceptors (Lipinski definition) is 2. The SMILES string of the molecule is C1CC(OC2CCNCC2)C1. The molecule has 2 fully saturated rings. The van der Waals surface area contributed by atoms with Gasteiger partial charge in [-0.05, 0) is 45.2 Å². The zero-order valence-electron chi connectivity index (χ0n) is 7.01. The molecule has 1 aliphatic heterocycles. The highest BCUT2D eigenvalue weighted by Crippen LogP contribution is 2.25. The summed E-state index contributed by atoms with van der Waals surface area (Å²) < 4.78 is 5.89. The maximum absolute atomic E-state index is 5.89. The van der Waals surface area contributed by atoms with Gasteiger partial charge in [0.2, 0.25) is 0 Å². The van der Waals surface area contributed by atoms with Crippen LogP contribution in [-0.2, 0) is 4.74 Å². The maximum Gasteiger partial charge on any atom is 0.0603 e. The van der Waals surface area contributed by atoms with Gasteiger partial charge in [-0.25, -0.2) is 0 Å². The fraction of sp³-hybridized carbons (Fsp3) is 1.00. The van der Waals surface area contributed by atoms with Gasteiger partial charge in [-0.15, -0.1) is 0 Å². The standard InChI is InChI=1S/C9H17NO/c1-2-8(3-1)11-9-4-6-10-7-5-9/h8-10H,1-7H2. The summed E-state index contributed by atoms with van der Waals surface area (Å²) in [6.45, 7) is 2.30. The van der Waals surface area contributed by atoms with E-state index in [0.717, 1.165) is 13.1 Å². The molecule has 0 unspecified atom stereocenters. The van der Waals surface area contributed by atoms with E-state index in [-0.39, 0.29) is 0 Å². The van der Waals surface area contributed by atoms with Crippen LogP contribution in [0, 0.1) is 0 Å². The molecule has 0 spiro atoms. The van der Waals surface area contributed by atoms with E-state index in [9.17, 15) is 0 Å². The van der Waals surface area contributed by atoms with Crippen LogP contribution >= 0.6 is 0 Å². The van der Waals surface area contributed by atoms with Crippen LogP contribution in [0.25, 0.3) is 0 Å². The van der Waals surface area contributed by atoms with Crippen LogP contribution in [0.3, 0.4) is 0 Å². The van der Waals surface area contributed by atoms with E-state index >= 15 is 0 Å². The van der Waals surface area contributed by atoms with Crippen LogP contribution in [0.15, 0.2) is 0 Å². The second kappa shape index (κ2) is 3.55. The van der Waals surface area contributed by atoms with Crippen LogP contribution in [0.4, 0.5) is 0 Å². The Kier molecular flexibility index (Phi) is 2.44. The molecule has 2 heteroatoms. The molecule has 0 aromatic rings. The molecular weight excluding hydrogens is 138 g/mol.